The molecule has 1 N–H and O–H groups in total. The van der Waals surface area contributed by atoms with Crippen molar-refractivity contribution in [2.75, 3.05) is 6.54 Å². The largest absolute Gasteiger partial charge is 0.354 e. The van der Waals surface area contributed by atoms with Crippen molar-refractivity contribution in [2.24, 2.45) is 0 Å². The number of carbonyl (C=O) groups is 1. The van der Waals surface area contributed by atoms with Crippen LogP contribution in [-0.4, -0.2) is 27.4 Å². The maximum absolute atomic E-state index is 12.4. The fraction of sp³-hybridized carbons (Fsp3) is 0.250. The average molecular weight is 328 g/mol. The summed E-state index contributed by atoms with van der Waals surface area (Å²) < 4.78 is 1.13. The summed E-state index contributed by atoms with van der Waals surface area (Å²) in [5.41, 5.74) is 0.218. The van der Waals surface area contributed by atoms with Gasteiger partial charge in [0.15, 0.2) is 0 Å². The molecule has 0 fully saturated rings. The van der Waals surface area contributed by atoms with Crippen LogP contribution in [0.15, 0.2) is 46.6 Å². The van der Waals surface area contributed by atoms with Crippen molar-refractivity contribution in [3.05, 3.63) is 57.0 Å². The van der Waals surface area contributed by atoms with Gasteiger partial charge in [-0.25, -0.2) is 0 Å². The van der Waals surface area contributed by atoms with Gasteiger partial charge in [0.1, 0.15) is 11.6 Å². The summed E-state index contributed by atoms with van der Waals surface area (Å²) in [5, 5.41) is 13.2. The first-order chi connectivity index (χ1) is 11.2. The first-order valence-electron chi connectivity index (χ1n) is 7.31. The molecule has 0 unspecified atom stereocenters. The number of nitrogens with zero attached hydrogens (tertiary/aromatic N) is 3. The smallest absolute Gasteiger partial charge is 0.278 e. The molecule has 2 heterocycles. The van der Waals surface area contributed by atoms with Gasteiger partial charge in [0.25, 0.3) is 5.56 Å². The number of carbonyl (C=O) groups excluding carboxylic acids is 1. The van der Waals surface area contributed by atoms with Crippen LogP contribution in [0.2, 0.25) is 0 Å². The molecule has 7 heteroatoms. The van der Waals surface area contributed by atoms with Crippen LogP contribution < -0.4 is 10.9 Å². The Labute approximate surface area is 136 Å². The lowest BCUT2D eigenvalue weighted by molar-refractivity contribution is -0.124. The Morgan fingerprint density at radius 1 is 1.30 bits per heavy atom. The predicted octanol–water partition coefficient (Wildman–Crippen LogP) is 1.77. The van der Waals surface area contributed by atoms with E-state index in [0.29, 0.717) is 17.4 Å². The van der Waals surface area contributed by atoms with E-state index < -0.39 is 6.04 Å². The molecule has 1 amide bonds. The van der Waals surface area contributed by atoms with Crippen LogP contribution in [0.4, 0.5) is 0 Å². The molecule has 0 radical (unpaired) electrons. The van der Waals surface area contributed by atoms with Crippen molar-refractivity contribution in [3.63, 3.8) is 0 Å². The highest BCUT2D eigenvalue weighted by Gasteiger charge is 2.18. The van der Waals surface area contributed by atoms with Gasteiger partial charge >= 0.3 is 0 Å². The Kier molecular flexibility index (Phi) is 4.47. The first kappa shape index (κ1) is 15.4. The summed E-state index contributed by atoms with van der Waals surface area (Å²) in [5.74, 6) is -0.242. The van der Waals surface area contributed by atoms with Crippen molar-refractivity contribution in [2.45, 2.75) is 19.4 Å². The van der Waals surface area contributed by atoms with Gasteiger partial charge in [0.05, 0.1) is 5.39 Å². The van der Waals surface area contributed by atoms with Crippen LogP contribution in [0, 0.1) is 0 Å². The molecular weight excluding hydrogens is 312 g/mol. The maximum atomic E-state index is 12.4. The van der Waals surface area contributed by atoms with Gasteiger partial charge in [0.2, 0.25) is 5.91 Å². The standard InChI is InChI=1S/C16H16N4O2S/c1-11(15(21)17-9-8-12-5-4-10-23-12)20-16(22)13-6-2-3-7-14(13)18-19-20/h2-7,10-11H,8-9H2,1H3,(H,17,21)/t11-/m1/s1. The van der Waals surface area contributed by atoms with Crippen molar-refractivity contribution < 1.29 is 4.79 Å². The fourth-order valence-electron chi connectivity index (χ4n) is 2.28. The molecule has 118 valence electrons. The molecule has 3 aromatic rings. The van der Waals surface area contributed by atoms with E-state index in [1.165, 1.54) is 4.88 Å². The Balaban J connectivity index is 1.72. The van der Waals surface area contributed by atoms with Crippen LogP contribution >= 0.6 is 11.3 Å². The second-order valence-electron chi connectivity index (χ2n) is 5.15. The van der Waals surface area contributed by atoms with Crippen LogP contribution in [0.5, 0.6) is 0 Å². The summed E-state index contributed by atoms with van der Waals surface area (Å²) in [6.45, 7) is 2.17. The molecule has 2 aromatic heterocycles. The first-order valence-corrected chi connectivity index (χ1v) is 8.19. The molecule has 0 saturated heterocycles. The summed E-state index contributed by atoms with van der Waals surface area (Å²) in [6.07, 6.45) is 0.772. The number of nitrogens with one attached hydrogen (secondary N) is 1. The van der Waals surface area contributed by atoms with E-state index in [0.717, 1.165) is 11.1 Å². The van der Waals surface area contributed by atoms with Crippen molar-refractivity contribution >= 4 is 28.1 Å². The number of benzene rings is 1. The third kappa shape index (κ3) is 3.29. The van der Waals surface area contributed by atoms with Crippen LogP contribution in [0.3, 0.4) is 0 Å². The Bertz CT molecular complexity index is 873. The minimum atomic E-state index is -0.706. The summed E-state index contributed by atoms with van der Waals surface area (Å²) >= 11 is 1.65. The summed E-state index contributed by atoms with van der Waals surface area (Å²) in [7, 11) is 0. The second-order valence-corrected chi connectivity index (χ2v) is 6.18. The second kappa shape index (κ2) is 6.70. The zero-order chi connectivity index (χ0) is 16.2. The van der Waals surface area contributed by atoms with E-state index in [1.54, 1.807) is 42.5 Å². The van der Waals surface area contributed by atoms with E-state index in [1.807, 2.05) is 17.5 Å². The molecule has 1 aromatic carbocycles. The number of aromatic nitrogens is 3. The number of hydrogen-bond acceptors (Lipinski definition) is 5. The van der Waals surface area contributed by atoms with E-state index in [4.69, 9.17) is 0 Å². The van der Waals surface area contributed by atoms with Gasteiger partial charge in [-0.3, -0.25) is 9.59 Å². The van der Waals surface area contributed by atoms with Gasteiger partial charge in [-0.15, -0.1) is 16.4 Å². The van der Waals surface area contributed by atoms with Crippen LogP contribution in [-0.2, 0) is 11.2 Å². The van der Waals surface area contributed by atoms with E-state index in [2.05, 4.69) is 15.6 Å². The molecule has 0 aliphatic carbocycles. The Morgan fingerprint density at radius 2 is 2.13 bits per heavy atom. The normalized spacial score (nSPS) is 12.2. The molecule has 0 saturated carbocycles. The molecule has 0 spiro atoms. The Hall–Kier alpha value is -2.54. The highest BCUT2D eigenvalue weighted by atomic mass is 32.1. The van der Waals surface area contributed by atoms with Gasteiger partial charge in [-0.2, -0.15) is 4.68 Å². The quantitative estimate of drug-likeness (QED) is 0.774. The van der Waals surface area contributed by atoms with Crippen LogP contribution in [0.1, 0.15) is 17.8 Å². The lowest BCUT2D eigenvalue weighted by atomic mass is 10.2. The minimum Gasteiger partial charge on any atom is -0.354 e. The summed E-state index contributed by atoms with van der Waals surface area (Å²) in [6, 6.07) is 10.3. The minimum absolute atomic E-state index is 0.242. The number of rotatable bonds is 5. The monoisotopic (exact) mass is 328 g/mol. The van der Waals surface area contributed by atoms with E-state index in [9.17, 15) is 9.59 Å². The van der Waals surface area contributed by atoms with Crippen LogP contribution in [0.25, 0.3) is 10.9 Å². The molecule has 0 aliphatic rings. The molecule has 23 heavy (non-hydrogen) atoms. The third-order valence-corrected chi connectivity index (χ3v) is 4.52. The molecular formula is C16H16N4O2S. The topological polar surface area (TPSA) is 76.9 Å². The van der Waals surface area contributed by atoms with Gasteiger partial charge in [-0.1, -0.05) is 23.4 Å². The van der Waals surface area contributed by atoms with Crippen molar-refractivity contribution in [3.8, 4) is 0 Å². The number of thiophene rings is 1. The van der Waals surface area contributed by atoms with E-state index in [-0.39, 0.29) is 11.5 Å². The molecule has 3 rings (SSSR count). The van der Waals surface area contributed by atoms with Gasteiger partial charge < -0.3 is 5.32 Å². The zero-order valence-corrected chi connectivity index (χ0v) is 13.4. The van der Waals surface area contributed by atoms with E-state index >= 15 is 0 Å². The fourth-order valence-corrected chi connectivity index (χ4v) is 2.99. The molecule has 0 aliphatic heterocycles. The number of amides is 1. The number of fused-ring (bicyclic) bond motifs is 1. The van der Waals surface area contributed by atoms with Crippen molar-refractivity contribution in [1.29, 1.82) is 0 Å². The predicted molar refractivity (Wildman–Crippen MR) is 89.5 cm³/mol. The lowest BCUT2D eigenvalue weighted by Gasteiger charge is -2.13. The highest BCUT2D eigenvalue weighted by Crippen LogP contribution is 2.09. The highest BCUT2D eigenvalue weighted by molar-refractivity contribution is 7.09. The number of hydrogen-bond donors (Lipinski definition) is 1. The average Bonchev–Trinajstić information content (AvgIpc) is 3.08. The molecule has 0 bridgehead atoms. The summed E-state index contributed by atoms with van der Waals surface area (Å²) in [4.78, 5) is 25.9. The SMILES string of the molecule is C[C@H](C(=O)NCCc1cccs1)n1nnc2ccccc2c1=O. The van der Waals surface area contributed by atoms with Gasteiger partial charge in [-0.05, 0) is 36.9 Å². The van der Waals surface area contributed by atoms with Crippen molar-refractivity contribution in [1.82, 2.24) is 20.3 Å². The molecule has 6 nitrogen and oxygen atoms in total. The zero-order valence-electron chi connectivity index (χ0n) is 12.6. The van der Waals surface area contributed by atoms with Gasteiger partial charge in [0, 0.05) is 11.4 Å². The third-order valence-electron chi connectivity index (χ3n) is 3.59. The molecule has 1 atom stereocenters. The lowest BCUT2D eigenvalue weighted by Crippen LogP contribution is -2.38. The Morgan fingerprint density at radius 3 is 2.91 bits per heavy atom. The maximum Gasteiger partial charge on any atom is 0.278 e.